The predicted octanol–water partition coefficient (Wildman–Crippen LogP) is 2.94. The summed E-state index contributed by atoms with van der Waals surface area (Å²) >= 11 is 1.72. The molecule has 1 atom stereocenters. The van der Waals surface area contributed by atoms with Crippen molar-refractivity contribution >= 4 is 23.7 Å². The number of nitrogens with zero attached hydrogens (tertiary/aromatic N) is 5. The van der Waals surface area contributed by atoms with E-state index in [1.54, 1.807) is 18.1 Å². The molecule has 5 heterocycles. The fourth-order valence-corrected chi connectivity index (χ4v) is 5.82. The van der Waals surface area contributed by atoms with Gasteiger partial charge in [-0.3, -0.25) is 4.79 Å². The van der Waals surface area contributed by atoms with Crippen LogP contribution in [0, 0.1) is 6.92 Å². The molecule has 5 rings (SSSR count). The summed E-state index contributed by atoms with van der Waals surface area (Å²) in [5, 5.41) is 13.4. The van der Waals surface area contributed by atoms with E-state index >= 15 is 0 Å². The van der Waals surface area contributed by atoms with Gasteiger partial charge in [-0.1, -0.05) is 6.07 Å². The number of carbonyl (C=O) groups excluding carboxylic acids is 1. The highest BCUT2D eigenvalue weighted by Crippen LogP contribution is 2.32. The molecule has 2 aliphatic heterocycles. The van der Waals surface area contributed by atoms with E-state index in [2.05, 4.69) is 49.3 Å². The van der Waals surface area contributed by atoms with Crippen LogP contribution in [0.5, 0.6) is 0 Å². The second kappa shape index (κ2) is 9.13. The third-order valence-corrected chi connectivity index (χ3v) is 8.04. The van der Waals surface area contributed by atoms with Crippen molar-refractivity contribution in [1.82, 2.24) is 23.7 Å². The molecule has 180 valence electrons. The molecular weight excluding hydrogens is 448 g/mol. The van der Waals surface area contributed by atoms with Crippen molar-refractivity contribution in [2.24, 2.45) is 7.05 Å². The molecule has 1 unspecified atom stereocenters. The minimum absolute atomic E-state index is 0.104. The van der Waals surface area contributed by atoms with E-state index in [0.29, 0.717) is 25.2 Å². The standard InChI is InChI=1S/C25H32N6O2S/c1-18-22(34-31-13-12-29-10-5-7-20(29)16-31)14-21(28(18)3)24(32)27-15-19-6-4-9-26-23(19)30-11-8-25(2,33)17-30/h4-7,9-10,14,33H,8,11-13,15-17H2,1-3H3,(H,27,32). The van der Waals surface area contributed by atoms with Gasteiger partial charge in [-0.25, -0.2) is 9.29 Å². The van der Waals surface area contributed by atoms with Crippen molar-refractivity contribution in [2.75, 3.05) is 24.5 Å². The van der Waals surface area contributed by atoms with Gasteiger partial charge in [0.25, 0.3) is 5.91 Å². The largest absolute Gasteiger partial charge is 0.388 e. The average Bonchev–Trinajstić information content (AvgIpc) is 3.51. The molecule has 0 spiro atoms. The number of aromatic nitrogens is 3. The summed E-state index contributed by atoms with van der Waals surface area (Å²) in [5.41, 5.74) is 3.29. The maximum Gasteiger partial charge on any atom is 0.268 e. The number of rotatable bonds is 6. The number of fused-ring (bicyclic) bond motifs is 1. The van der Waals surface area contributed by atoms with Gasteiger partial charge in [0, 0.05) is 80.6 Å². The lowest BCUT2D eigenvalue weighted by Crippen LogP contribution is -2.31. The summed E-state index contributed by atoms with van der Waals surface area (Å²) in [5.74, 6) is 0.725. The van der Waals surface area contributed by atoms with E-state index in [4.69, 9.17) is 0 Å². The molecule has 1 amide bonds. The molecule has 2 N–H and O–H groups in total. The van der Waals surface area contributed by atoms with Gasteiger partial charge in [-0.2, -0.15) is 0 Å². The van der Waals surface area contributed by atoms with Crippen LogP contribution in [0.25, 0.3) is 0 Å². The second-order valence-corrected chi connectivity index (χ2v) is 10.7. The number of β-amino-alcohol motifs (C(OH)–C–C–N with tert-alkyl or cyclic N) is 1. The van der Waals surface area contributed by atoms with Crippen LogP contribution in [0.2, 0.25) is 0 Å². The monoisotopic (exact) mass is 480 g/mol. The lowest BCUT2D eigenvalue weighted by molar-refractivity contribution is 0.0838. The van der Waals surface area contributed by atoms with Crippen LogP contribution in [0.15, 0.2) is 47.6 Å². The maximum atomic E-state index is 13.1. The van der Waals surface area contributed by atoms with Gasteiger partial charge < -0.3 is 24.5 Å². The Bertz CT molecular complexity index is 1200. The number of amides is 1. The molecule has 0 aliphatic carbocycles. The highest BCUT2D eigenvalue weighted by molar-refractivity contribution is 7.97. The summed E-state index contributed by atoms with van der Waals surface area (Å²) in [6.45, 7) is 8.44. The van der Waals surface area contributed by atoms with Crippen LogP contribution in [-0.2, 0) is 26.7 Å². The highest BCUT2D eigenvalue weighted by Gasteiger charge is 2.33. The van der Waals surface area contributed by atoms with Gasteiger partial charge in [0.1, 0.15) is 11.5 Å². The minimum Gasteiger partial charge on any atom is -0.388 e. The SMILES string of the molecule is Cc1c(SN2CCn3cccc3C2)cc(C(=O)NCc2cccnc2N2CCC(C)(O)C2)n1C. The van der Waals surface area contributed by atoms with E-state index in [9.17, 15) is 9.90 Å². The smallest absolute Gasteiger partial charge is 0.268 e. The summed E-state index contributed by atoms with van der Waals surface area (Å²) < 4.78 is 6.61. The van der Waals surface area contributed by atoms with Gasteiger partial charge in [0.15, 0.2) is 0 Å². The van der Waals surface area contributed by atoms with Crippen LogP contribution in [0.3, 0.4) is 0 Å². The average molecular weight is 481 g/mol. The van der Waals surface area contributed by atoms with Crippen LogP contribution in [0.4, 0.5) is 5.82 Å². The zero-order valence-corrected chi connectivity index (χ0v) is 20.8. The molecule has 0 saturated carbocycles. The molecule has 0 aromatic carbocycles. The summed E-state index contributed by atoms with van der Waals surface area (Å²) in [6, 6.07) is 10.1. The van der Waals surface area contributed by atoms with Crippen molar-refractivity contribution in [3.63, 3.8) is 0 Å². The minimum atomic E-state index is -0.704. The number of aliphatic hydroxyl groups is 1. The zero-order chi connectivity index (χ0) is 23.9. The van der Waals surface area contributed by atoms with Crippen LogP contribution in [-0.4, -0.2) is 54.7 Å². The number of hydrogen-bond donors (Lipinski definition) is 2. The zero-order valence-electron chi connectivity index (χ0n) is 20.0. The predicted molar refractivity (Wildman–Crippen MR) is 134 cm³/mol. The number of anilines is 1. The molecule has 1 fully saturated rings. The third-order valence-electron chi connectivity index (χ3n) is 6.86. The number of hydrogen-bond acceptors (Lipinski definition) is 6. The van der Waals surface area contributed by atoms with Crippen molar-refractivity contribution in [2.45, 2.75) is 50.4 Å². The normalized spacial score (nSPS) is 20.5. The summed E-state index contributed by atoms with van der Waals surface area (Å²) in [7, 11) is 1.94. The first-order chi connectivity index (χ1) is 16.3. The molecule has 8 nitrogen and oxygen atoms in total. The molecule has 3 aromatic heterocycles. The molecular formula is C25H32N6O2S. The van der Waals surface area contributed by atoms with Crippen LogP contribution in [0.1, 0.15) is 40.8 Å². The van der Waals surface area contributed by atoms with Gasteiger partial charge in [0.05, 0.1) is 5.60 Å². The van der Waals surface area contributed by atoms with Gasteiger partial charge >= 0.3 is 0 Å². The van der Waals surface area contributed by atoms with E-state index in [1.807, 2.05) is 36.7 Å². The fourth-order valence-electron chi connectivity index (χ4n) is 4.73. The van der Waals surface area contributed by atoms with Gasteiger partial charge in [-0.15, -0.1) is 0 Å². The molecule has 0 bridgehead atoms. The Morgan fingerprint density at radius 2 is 2.12 bits per heavy atom. The van der Waals surface area contributed by atoms with Crippen LogP contribution >= 0.6 is 11.9 Å². The lowest BCUT2D eigenvalue weighted by Gasteiger charge is -2.27. The molecule has 2 aliphatic rings. The topological polar surface area (TPSA) is 78.6 Å². The number of carbonyl (C=O) groups is 1. The summed E-state index contributed by atoms with van der Waals surface area (Å²) in [6.07, 6.45) is 4.60. The Hall–Kier alpha value is -2.75. The Labute approximate surface area is 204 Å². The van der Waals surface area contributed by atoms with Crippen LogP contribution < -0.4 is 10.2 Å². The number of nitrogens with one attached hydrogen (secondary N) is 1. The van der Waals surface area contributed by atoms with Gasteiger partial charge in [0.2, 0.25) is 0 Å². The van der Waals surface area contributed by atoms with E-state index in [-0.39, 0.29) is 5.91 Å². The van der Waals surface area contributed by atoms with Crippen molar-refractivity contribution in [3.8, 4) is 0 Å². The van der Waals surface area contributed by atoms with Crippen molar-refractivity contribution in [3.05, 3.63) is 65.4 Å². The molecule has 3 aromatic rings. The lowest BCUT2D eigenvalue weighted by atomic mass is 10.1. The Morgan fingerprint density at radius 1 is 1.26 bits per heavy atom. The van der Waals surface area contributed by atoms with E-state index in [0.717, 1.165) is 48.1 Å². The first kappa shape index (κ1) is 23.0. The molecule has 1 saturated heterocycles. The molecule has 0 radical (unpaired) electrons. The Balaban J connectivity index is 1.26. The summed E-state index contributed by atoms with van der Waals surface area (Å²) in [4.78, 5) is 20.9. The Morgan fingerprint density at radius 3 is 2.91 bits per heavy atom. The van der Waals surface area contributed by atoms with Crippen molar-refractivity contribution in [1.29, 1.82) is 0 Å². The fraction of sp³-hybridized carbons (Fsp3) is 0.440. The quantitative estimate of drug-likeness (QED) is 0.528. The maximum absolute atomic E-state index is 13.1. The molecule has 9 heteroatoms. The second-order valence-electron chi connectivity index (χ2n) is 9.52. The Kier molecular flexibility index (Phi) is 6.18. The van der Waals surface area contributed by atoms with Gasteiger partial charge in [-0.05, 0) is 56.5 Å². The number of pyridine rings is 1. The highest BCUT2D eigenvalue weighted by atomic mass is 32.2. The van der Waals surface area contributed by atoms with E-state index < -0.39 is 5.60 Å². The van der Waals surface area contributed by atoms with E-state index in [1.165, 1.54) is 5.69 Å². The first-order valence-electron chi connectivity index (χ1n) is 11.7. The molecule has 34 heavy (non-hydrogen) atoms. The first-order valence-corrected chi connectivity index (χ1v) is 12.5. The third kappa shape index (κ3) is 4.60. The van der Waals surface area contributed by atoms with Crippen molar-refractivity contribution < 1.29 is 9.90 Å².